The SMILES string of the molecule is CC(C)(C)OC(=O)C[C@@H](O)[C@H](Cc1ccccc1)N(Cc1ccccc1)Cc1ccccc1. The van der Waals surface area contributed by atoms with Crippen LogP contribution in [0.3, 0.4) is 0 Å². The van der Waals surface area contributed by atoms with Gasteiger partial charge in [0.05, 0.1) is 12.5 Å². The largest absolute Gasteiger partial charge is 0.460 e. The van der Waals surface area contributed by atoms with Crippen LogP contribution >= 0.6 is 0 Å². The van der Waals surface area contributed by atoms with Gasteiger partial charge in [0.1, 0.15) is 5.60 Å². The molecule has 3 aromatic rings. The summed E-state index contributed by atoms with van der Waals surface area (Å²) >= 11 is 0. The second-order valence-electron chi connectivity index (χ2n) is 9.49. The normalized spacial score (nSPS) is 13.5. The van der Waals surface area contributed by atoms with Crippen LogP contribution in [0.5, 0.6) is 0 Å². The van der Waals surface area contributed by atoms with Crippen LogP contribution in [-0.2, 0) is 29.0 Å². The summed E-state index contributed by atoms with van der Waals surface area (Å²) in [5.74, 6) is -0.382. The number of hydrogen-bond donors (Lipinski definition) is 1. The smallest absolute Gasteiger partial charge is 0.308 e. The molecule has 0 saturated carbocycles. The number of esters is 1. The Bertz CT molecular complexity index is 927. The van der Waals surface area contributed by atoms with Crippen LogP contribution in [0.2, 0.25) is 0 Å². The number of benzene rings is 3. The summed E-state index contributed by atoms with van der Waals surface area (Å²) in [7, 11) is 0. The number of aliphatic hydroxyl groups is 1. The molecule has 0 fully saturated rings. The zero-order valence-electron chi connectivity index (χ0n) is 19.9. The van der Waals surface area contributed by atoms with E-state index < -0.39 is 11.7 Å². The second-order valence-corrected chi connectivity index (χ2v) is 9.49. The third-order valence-electron chi connectivity index (χ3n) is 5.45. The maximum absolute atomic E-state index is 12.6. The molecule has 33 heavy (non-hydrogen) atoms. The topological polar surface area (TPSA) is 49.8 Å². The lowest BCUT2D eigenvalue weighted by atomic mass is 9.96. The van der Waals surface area contributed by atoms with E-state index in [0.717, 1.165) is 16.7 Å². The van der Waals surface area contributed by atoms with Gasteiger partial charge in [-0.3, -0.25) is 9.69 Å². The molecule has 0 unspecified atom stereocenters. The maximum atomic E-state index is 12.6. The Labute approximate surface area is 197 Å². The predicted octanol–water partition coefficient (Wildman–Crippen LogP) is 5.39. The van der Waals surface area contributed by atoms with Crippen molar-refractivity contribution in [3.8, 4) is 0 Å². The first-order valence-electron chi connectivity index (χ1n) is 11.6. The molecule has 174 valence electrons. The fourth-order valence-corrected chi connectivity index (χ4v) is 3.98. The van der Waals surface area contributed by atoms with E-state index in [1.165, 1.54) is 0 Å². The molecule has 0 aliphatic rings. The quantitative estimate of drug-likeness (QED) is 0.425. The molecule has 0 radical (unpaired) electrons. The van der Waals surface area contributed by atoms with Gasteiger partial charge in [0.25, 0.3) is 0 Å². The van der Waals surface area contributed by atoms with Crippen molar-refractivity contribution in [2.75, 3.05) is 0 Å². The number of nitrogens with zero attached hydrogens (tertiary/aromatic N) is 1. The van der Waals surface area contributed by atoms with Gasteiger partial charge in [0.2, 0.25) is 0 Å². The molecule has 0 aliphatic heterocycles. The Morgan fingerprint density at radius 1 is 0.788 bits per heavy atom. The first-order chi connectivity index (χ1) is 15.8. The van der Waals surface area contributed by atoms with Gasteiger partial charge >= 0.3 is 5.97 Å². The van der Waals surface area contributed by atoms with Crippen LogP contribution in [0.15, 0.2) is 91.0 Å². The lowest BCUT2D eigenvalue weighted by Gasteiger charge is -2.35. The van der Waals surface area contributed by atoms with Gasteiger partial charge in [0, 0.05) is 19.1 Å². The molecule has 0 amide bonds. The molecule has 3 rings (SSSR count). The summed E-state index contributed by atoms with van der Waals surface area (Å²) in [6, 6.07) is 30.4. The van der Waals surface area contributed by atoms with Gasteiger partial charge in [-0.25, -0.2) is 0 Å². The van der Waals surface area contributed by atoms with Crippen LogP contribution in [-0.4, -0.2) is 33.7 Å². The van der Waals surface area contributed by atoms with Gasteiger partial charge in [-0.05, 0) is 43.9 Å². The lowest BCUT2D eigenvalue weighted by molar-refractivity contribution is -0.158. The Morgan fingerprint density at radius 3 is 1.64 bits per heavy atom. The summed E-state index contributed by atoms with van der Waals surface area (Å²) in [4.78, 5) is 14.8. The molecule has 0 heterocycles. The Hall–Kier alpha value is -2.95. The molecule has 0 aromatic heterocycles. The average molecular weight is 446 g/mol. The van der Waals surface area contributed by atoms with E-state index >= 15 is 0 Å². The summed E-state index contributed by atoms with van der Waals surface area (Å²) < 4.78 is 5.51. The van der Waals surface area contributed by atoms with E-state index in [1.807, 2.05) is 75.4 Å². The molecule has 0 aliphatic carbocycles. The van der Waals surface area contributed by atoms with Gasteiger partial charge < -0.3 is 9.84 Å². The van der Waals surface area contributed by atoms with Crippen molar-refractivity contribution in [2.24, 2.45) is 0 Å². The highest BCUT2D eigenvalue weighted by Gasteiger charge is 2.30. The first-order valence-corrected chi connectivity index (χ1v) is 11.6. The van der Waals surface area contributed by atoms with Gasteiger partial charge in [-0.15, -0.1) is 0 Å². The molecular formula is C29H35NO3. The van der Waals surface area contributed by atoms with E-state index in [-0.39, 0.29) is 18.4 Å². The zero-order chi connectivity index (χ0) is 23.7. The standard InChI is InChI=1S/C29H35NO3/c1-29(2,3)33-28(32)20-27(31)26(19-23-13-7-4-8-14-23)30(21-24-15-9-5-10-16-24)22-25-17-11-6-12-18-25/h4-18,26-27,31H,19-22H2,1-3H3/t26-,27+/m0/s1. The number of aliphatic hydroxyl groups excluding tert-OH is 1. The van der Waals surface area contributed by atoms with Crippen LogP contribution in [0.4, 0.5) is 0 Å². The predicted molar refractivity (Wildman–Crippen MR) is 133 cm³/mol. The highest BCUT2D eigenvalue weighted by molar-refractivity contribution is 5.70. The van der Waals surface area contributed by atoms with Crippen LogP contribution in [0.25, 0.3) is 0 Å². The minimum Gasteiger partial charge on any atom is -0.460 e. The maximum Gasteiger partial charge on any atom is 0.308 e. The molecule has 0 saturated heterocycles. The summed E-state index contributed by atoms with van der Waals surface area (Å²) in [6.07, 6.45) is -0.285. The number of hydrogen-bond acceptors (Lipinski definition) is 4. The number of ether oxygens (including phenoxy) is 1. The lowest BCUT2D eigenvalue weighted by Crippen LogP contribution is -2.45. The molecule has 3 aromatic carbocycles. The third-order valence-corrected chi connectivity index (χ3v) is 5.45. The summed E-state index contributed by atoms with van der Waals surface area (Å²) in [6.45, 7) is 6.86. The molecule has 0 spiro atoms. The fourth-order valence-electron chi connectivity index (χ4n) is 3.98. The van der Waals surface area contributed by atoms with Gasteiger partial charge in [-0.1, -0.05) is 91.0 Å². The van der Waals surface area contributed by atoms with E-state index in [9.17, 15) is 9.90 Å². The summed E-state index contributed by atoms with van der Waals surface area (Å²) in [5, 5.41) is 11.3. The Balaban J connectivity index is 1.89. The molecular weight excluding hydrogens is 410 g/mol. The Morgan fingerprint density at radius 2 is 1.21 bits per heavy atom. The van der Waals surface area contributed by atoms with Crippen molar-refractivity contribution < 1.29 is 14.6 Å². The van der Waals surface area contributed by atoms with E-state index in [0.29, 0.717) is 19.5 Å². The third kappa shape index (κ3) is 8.49. The van der Waals surface area contributed by atoms with Gasteiger partial charge in [0.15, 0.2) is 0 Å². The number of carbonyl (C=O) groups excluding carboxylic acids is 1. The van der Waals surface area contributed by atoms with Crippen molar-refractivity contribution in [1.29, 1.82) is 0 Å². The van der Waals surface area contributed by atoms with E-state index in [1.54, 1.807) is 0 Å². The molecule has 4 nitrogen and oxygen atoms in total. The average Bonchev–Trinajstić information content (AvgIpc) is 2.78. The number of carbonyl (C=O) groups is 1. The van der Waals surface area contributed by atoms with Crippen molar-refractivity contribution in [2.45, 2.75) is 64.4 Å². The van der Waals surface area contributed by atoms with E-state index in [2.05, 4.69) is 41.3 Å². The second kappa shape index (κ2) is 11.8. The monoisotopic (exact) mass is 445 g/mol. The number of rotatable bonds is 10. The van der Waals surface area contributed by atoms with Crippen LogP contribution in [0, 0.1) is 0 Å². The minimum atomic E-state index is -0.868. The molecule has 1 N–H and O–H groups in total. The van der Waals surface area contributed by atoms with Crippen molar-refractivity contribution in [3.05, 3.63) is 108 Å². The highest BCUT2D eigenvalue weighted by Crippen LogP contribution is 2.22. The zero-order valence-corrected chi connectivity index (χ0v) is 19.9. The Kier molecular flexibility index (Phi) is 8.81. The van der Waals surface area contributed by atoms with Crippen LogP contribution in [0.1, 0.15) is 43.9 Å². The minimum absolute atomic E-state index is 0.0468. The molecule has 0 bridgehead atoms. The van der Waals surface area contributed by atoms with Crippen LogP contribution < -0.4 is 0 Å². The van der Waals surface area contributed by atoms with Crippen molar-refractivity contribution >= 4 is 5.97 Å². The highest BCUT2D eigenvalue weighted by atomic mass is 16.6. The summed E-state index contributed by atoms with van der Waals surface area (Å²) in [5.41, 5.74) is 2.86. The van der Waals surface area contributed by atoms with Crippen molar-refractivity contribution in [3.63, 3.8) is 0 Å². The van der Waals surface area contributed by atoms with Gasteiger partial charge in [-0.2, -0.15) is 0 Å². The molecule has 4 heteroatoms. The van der Waals surface area contributed by atoms with Crippen molar-refractivity contribution in [1.82, 2.24) is 4.90 Å². The first kappa shape index (κ1) is 24.7. The molecule has 2 atom stereocenters. The fraction of sp³-hybridized carbons (Fsp3) is 0.345. The van der Waals surface area contributed by atoms with E-state index in [4.69, 9.17) is 4.74 Å².